The van der Waals surface area contributed by atoms with Crippen LogP contribution < -0.4 is 10.2 Å². The Bertz CT molecular complexity index is 1210. The van der Waals surface area contributed by atoms with Gasteiger partial charge in [-0.3, -0.25) is 19.2 Å². The van der Waals surface area contributed by atoms with Gasteiger partial charge in [-0.05, 0) is 29.2 Å². The molecule has 2 aliphatic heterocycles. The third-order valence-corrected chi connectivity index (χ3v) is 6.00. The first-order chi connectivity index (χ1) is 17.4. The van der Waals surface area contributed by atoms with Gasteiger partial charge < -0.3 is 15.1 Å². The smallest absolute Gasteiger partial charge is 0.333 e. The first-order valence-corrected chi connectivity index (χ1v) is 11.9. The first kappa shape index (κ1) is 24.8. The number of nitrogens with zero attached hydrogens (tertiary/aromatic N) is 2. The molecule has 2 aromatic rings. The number of anilines is 1. The van der Waals surface area contributed by atoms with Crippen LogP contribution in [0.3, 0.4) is 0 Å². The molecule has 0 aliphatic carbocycles. The number of carbonyl (C=O) groups excluding carboxylic acids is 5. The van der Waals surface area contributed by atoms with E-state index >= 15 is 0 Å². The molecule has 0 aromatic heterocycles. The predicted octanol–water partition coefficient (Wildman–Crippen LogP) is 2.99. The number of imide groups is 1. The number of rotatable bonds is 8. The Labute approximate surface area is 208 Å². The maximum absolute atomic E-state index is 13.2. The van der Waals surface area contributed by atoms with Crippen molar-refractivity contribution in [2.75, 3.05) is 11.4 Å². The fourth-order valence-electron chi connectivity index (χ4n) is 4.10. The highest BCUT2D eigenvalue weighted by Crippen LogP contribution is 2.29. The zero-order chi connectivity index (χ0) is 25.5. The lowest BCUT2D eigenvalue weighted by atomic mass is 10.0. The van der Waals surface area contributed by atoms with Crippen molar-refractivity contribution < 1.29 is 28.8 Å². The molecule has 1 fully saturated rings. The Balaban J connectivity index is 1.25. The number of amides is 4. The van der Waals surface area contributed by atoms with Crippen LogP contribution in [0.1, 0.15) is 55.2 Å². The molecule has 0 spiro atoms. The summed E-state index contributed by atoms with van der Waals surface area (Å²) in [5, 5.41) is 3.20. The average Bonchev–Trinajstić information content (AvgIpc) is 3.17. The molecule has 9 heteroatoms. The highest BCUT2D eigenvalue weighted by Gasteiger charge is 2.32. The van der Waals surface area contributed by atoms with Crippen molar-refractivity contribution in [2.45, 2.75) is 45.1 Å². The Morgan fingerprint density at radius 2 is 1.50 bits per heavy atom. The summed E-state index contributed by atoms with van der Waals surface area (Å²) in [6.07, 6.45) is 4.35. The van der Waals surface area contributed by atoms with Crippen molar-refractivity contribution in [3.8, 4) is 0 Å². The highest BCUT2D eigenvalue weighted by atomic mass is 16.7. The molecule has 4 amide bonds. The van der Waals surface area contributed by atoms with E-state index in [1.807, 2.05) is 60.7 Å². The van der Waals surface area contributed by atoms with Gasteiger partial charge in [0.2, 0.25) is 11.8 Å². The van der Waals surface area contributed by atoms with E-state index in [0.717, 1.165) is 22.4 Å². The number of para-hydroxylation sites is 1. The number of hydroxylamine groups is 2. The molecule has 1 saturated heterocycles. The summed E-state index contributed by atoms with van der Waals surface area (Å²) in [6, 6.07) is 15.6. The van der Waals surface area contributed by atoms with Gasteiger partial charge in [0.1, 0.15) is 0 Å². The van der Waals surface area contributed by atoms with Crippen molar-refractivity contribution in [1.82, 2.24) is 10.4 Å². The van der Waals surface area contributed by atoms with Gasteiger partial charge in [-0.1, -0.05) is 54.6 Å². The quantitative estimate of drug-likeness (QED) is 0.571. The maximum atomic E-state index is 13.2. The van der Waals surface area contributed by atoms with E-state index < -0.39 is 17.8 Å². The monoisotopic (exact) mass is 489 g/mol. The number of benzene rings is 2. The van der Waals surface area contributed by atoms with Gasteiger partial charge in [-0.2, -0.15) is 0 Å². The molecule has 4 rings (SSSR count). The van der Waals surface area contributed by atoms with Crippen LogP contribution in [0.15, 0.2) is 48.5 Å². The second-order valence-electron chi connectivity index (χ2n) is 8.57. The van der Waals surface area contributed by atoms with Gasteiger partial charge in [0, 0.05) is 38.6 Å². The van der Waals surface area contributed by atoms with Crippen molar-refractivity contribution in [3.63, 3.8) is 0 Å². The molecule has 1 N–H and O–H groups in total. The highest BCUT2D eigenvalue weighted by molar-refractivity contribution is 6.01. The minimum Gasteiger partial charge on any atom is -0.356 e. The SMILES string of the molecule is O=C(CCCC(=O)ON1C(=O)CCC1=O)NCCC(=O)N1Cc2ccccc2/C=C\c2ccccc21. The number of hydrogen-bond acceptors (Lipinski definition) is 6. The lowest BCUT2D eigenvalue weighted by Gasteiger charge is -2.27. The Morgan fingerprint density at radius 3 is 2.28 bits per heavy atom. The molecule has 9 nitrogen and oxygen atoms in total. The largest absolute Gasteiger partial charge is 0.356 e. The maximum Gasteiger partial charge on any atom is 0.333 e. The molecule has 2 aromatic carbocycles. The molecule has 0 radical (unpaired) electrons. The molecule has 0 atom stereocenters. The van der Waals surface area contributed by atoms with Crippen LogP contribution in [0, 0.1) is 0 Å². The zero-order valence-electron chi connectivity index (χ0n) is 19.8. The molecular formula is C27H27N3O6. The van der Waals surface area contributed by atoms with E-state index in [0.29, 0.717) is 11.6 Å². The van der Waals surface area contributed by atoms with E-state index in [2.05, 4.69) is 5.32 Å². The van der Waals surface area contributed by atoms with Crippen molar-refractivity contribution >= 4 is 47.4 Å². The summed E-state index contributed by atoms with van der Waals surface area (Å²) in [7, 11) is 0. The van der Waals surface area contributed by atoms with Crippen molar-refractivity contribution in [2.24, 2.45) is 0 Å². The van der Waals surface area contributed by atoms with Gasteiger partial charge in [0.25, 0.3) is 11.8 Å². The lowest BCUT2D eigenvalue weighted by molar-refractivity contribution is -0.197. The normalized spacial score (nSPS) is 15.4. The molecular weight excluding hydrogens is 462 g/mol. The van der Waals surface area contributed by atoms with E-state index in [9.17, 15) is 24.0 Å². The minimum atomic E-state index is -0.744. The van der Waals surface area contributed by atoms with Gasteiger partial charge in [-0.25, -0.2) is 4.79 Å². The number of hydrogen-bond donors (Lipinski definition) is 1. The summed E-state index contributed by atoms with van der Waals surface area (Å²) in [4.78, 5) is 66.7. The summed E-state index contributed by atoms with van der Waals surface area (Å²) in [5.74, 6) is -2.25. The second-order valence-corrected chi connectivity index (χ2v) is 8.57. The molecule has 0 bridgehead atoms. The molecule has 186 valence electrons. The van der Waals surface area contributed by atoms with Gasteiger partial charge in [-0.15, -0.1) is 5.06 Å². The Morgan fingerprint density at radius 1 is 0.833 bits per heavy atom. The topological polar surface area (TPSA) is 113 Å². The van der Waals surface area contributed by atoms with Crippen molar-refractivity contribution in [1.29, 1.82) is 0 Å². The lowest BCUT2D eigenvalue weighted by Crippen LogP contribution is -2.35. The fraction of sp³-hybridized carbons (Fsp3) is 0.296. The van der Waals surface area contributed by atoms with Crippen LogP contribution >= 0.6 is 0 Å². The predicted molar refractivity (Wildman–Crippen MR) is 132 cm³/mol. The third kappa shape index (κ3) is 6.04. The summed E-state index contributed by atoms with van der Waals surface area (Å²) < 4.78 is 0. The van der Waals surface area contributed by atoms with Crippen LogP contribution in [0.5, 0.6) is 0 Å². The third-order valence-electron chi connectivity index (χ3n) is 6.00. The first-order valence-electron chi connectivity index (χ1n) is 11.9. The summed E-state index contributed by atoms with van der Waals surface area (Å²) in [6.45, 7) is 0.587. The van der Waals surface area contributed by atoms with E-state index in [4.69, 9.17) is 4.84 Å². The minimum absolute atomic E-state index is 0.0272. The Hall–Kier alpha value is -4.27. The van der Waals surface area contributed by atoms with Gasteiger partial charge >= 0.3 is 5.97 Å². The average molecular weight is 490 g/mol. The van der Waals surface area contributed by atoms with Crippen LogP contribution in [0.4, 0.5) is 5.69 Å². The number of carbonyl (C=O) groups is 5. The molecule has 0 unspecified atom stereocenters. The summed E-state index contributed by atoms with van der Waals surface area (Å²) in [5.41, 5.74) is 3.83. The van der Waals surface area contributed by atoms with E-state index in [1.165, 1.54) is 0 Å². The zero-order valence-corrected chi connectivity index (χ0v) is 19.8. The Kier molecular flexibility index (Phi) is 7.89. The second kappa shape index (κ2) is 11.4. The van der Waals surface area contributed by atoms with Crippen LogP contribution in [-0.4, -0.2) is 41.2 Å². The number of fused-ring (bicyclic) bond motifs is 2. The molecule has 0 saturated carbocycles. The van der Waals surface area contributed by atoms with Gasteiger partial charge in [0.15, 0.2) is 0 Å². The van der Waals surface area contributed by atoms with Crippen LogP contribution in [0.25, 0.3) is 12.2 Å². The fourth-order valence-corrected chi connectivity index (χ4v) is 4.10. The molecule has 2 aliphatic rings. The molecule has 36 heavy (non-hydrogen) atoms. The number of nitrogens with one attached hydrogen (secondary N) is 1. The van der Waals surface area contributed by atoms with Crippen LogP contribution in [0.2, 0.25) is 0 Å². The standard InChI is InChI=1S/C27H27N3O6/c31-23(10-5-11-27(35)36-30-25(33)14-15-26(30)34)28-17-16-24(32)29-18-21-8-2-1-6-19(21)12-13-20-7-3-4-9-22(20)29/h1-4,6-9,12-13H,5,10-11,14-18H2,(H,28,31)/b13-12-. The summed E-state index contributed by atoms with van der Waals surface area (Å²) >= 11 is 0. The van der Waals surface area contributed by atoms with E-state index in [-0.39, 0.29) is 56.9 Å². The van der Waals surface area contributed by atoms with E-state index in [1.54, 1.807) is 4.90 Å². The van der Waals surface area contributed by atoms with Crippen molar-refractivity contribution in [3.05, 3.63) is 65.2 Å². The molecule has 2 heterocycles. The van der Waals surface area contributed by atoms with Gasteiger partial charge in [0.05, 0.1) is 12.2 Å². The van der Waals surface area contributed by atoms with Crippen LogP contribution in [-0.2, 0) is 35.4 Å².